The molecule has 1 aromatic rings. The van der Waals surface area contributed by atoms with E-state index in [0.717, 1.165) is 11.1 Å². The average Bonchev–Trinajstić information content (AvgIpc) is 3.04. The van der Waals surface area contributed by atoms with Crippen LogP contribution >= 0.6 is 0 Å². The maximum atomic E-state index is 12.8. The summed E-state index contributed by atoms with van der Waals surface area (Å²) >= 11 is 0. The lowest BCUT2D eigenvalue weighted by atomic mass is 9.95. The highest BCUT2D eigenvalue weighted by atomic mass is 19.1. The minimum absolute atomic E-state index is 0.127. The Morgan fingerprint density at radius 3 is 2.36 bits per heavy atom. The minimum Gasteiger partial charge on any atom is -0.326 e. The van der Waals surface area contributed by atoms with Crippen LogP contribution in [-0.2, 0) is 6.54 Å². The number of benzene rings is 1. The largest absolute Gasteiger partial charge is 0.326 e. The number of nitrogens with two attached hydrogens (primary N) is 1. The van der Waals surface area contributed by atoms with E-state index in [2.05, 4.69) is 0 Å². The minimum atomic E-state index is -0.230. The van der Waals surface area contributed by atoms with Gasteiger partial charge in [-0.3, -0.25) is 4.39 Å². The summed E-state index contributed by atoms with van der Waals surface area (Å²) in [5.74, 6) is 0.713. The molecule has 0 heterocycles. The molecule has 1 atom stereocenters. The highest BCUT2D eigenvalue weighted by Crippen LogP contribution is 2.42. The molecule has 0 aromatic heterocycles. The standard InChI is InChI=1S/C12H16FN/c13-7-12(11-5-6-11)10-3-1-9(8-14)2-4-10/h1-4,11-12H,5-8,14H2. The maximum absolute atomic E-state index is 12.8. The van der Waals surface area contributed by atoms with Crippen LogP contribution in [0.15, 0.2) is 24.3 Å². The molecule has 14 heavy (non-hydrogen) atoms. The smallest absolute Gasteiger partial charge is 0.0965 e. The van der Waals surface area contributed by atoms with E-state index in [-0.39, 0.29) is 12.6 Å². The summed E-state index contributed by atoms with van der Waals surface area (Å²) in [7, 11) is 0. The van der Waals surface area contributed by atoms with Crippen molar-refractivity contribution in [3.63, 3.8) is 0 Å². The van der Waals surface area contributed by atoms with Crippen molar-refractivity contribution >= 4 is 0 Å². The van der Waals surface area contributed by atoms with Crippen molar-refractivity contribution in [2.45, 2.75) is 25.3 Å². The Morgan fingerprint density at radius 1 is 1.29 bits per heavy atom. The molecule has 0 radical (unpaired) electrons. The molecule has 1 saturated carbocycles. The molecule has 0 amide bonds. The number of hydrogen-bond acceptors (Lipinski definition) is 1. The molecule has 0 saturated heterocycles. The second-order valence-corrected chi connectivity index (χ2v) is 4.04. The number of hydrogen-bond donors (Lipinski definition) is 1. The Balaban J connectivity index is 2.13. The van der Waals surface area contributed by atoms with Gasteiger partial charge in [0.1, 0.15) is 0 Å². The predicted octanol–water partition coefficient (Wildman–Crippen LogP) is 2.61. The maximum Gasteiger partial charge on any atom is 0.0965 e. The van der Waals surface area contributed by atoms with Crippen molar-refractivity contribution in [3.05, 3.63) is 35.4 Å². The van der Waals surface area contributed by atoms with Crippen molar-refractivity contribution in [1.29, 1.82) is 0 Å². The highest BCUT2D eigenvalue weighted by Gasteiger charge is 2.31. The molecule has 0 aliphatic heterocycles. The van der Waals surface area contributed by atoms with Crippen LogP contribution in [-0.4, -0.2) is 6.67 Å². The normalized spacial score (nSPS) is 18.1. The van der Waals surface area contributed by atoms with Crippen molar-refractivity contribution < 1.29 is 4.39 Å². The van der Waals surface area contributed by atoms with Gasteiger partial charge < -0.3 is 5.73 Å². The predicted molar refractivity (Wildman–Crippen MR) is 55.8 cm³/mol. The average molecular weight is 193 g/mol. The van der Waals surface area contributed by atoms with Crippen LogP contribution < -0.4 is 5.73 Å². The fourth-order valence-electron chi connectivity index (χ4n) is 1.89. The van der Waals surface area contributed by atoms with Gasteiger partial charge in [-0.1, -0.05) is 24.3 Å². The monoisotopic (exact) mass is 193 g/mol. The third kappa shape index (κ3) is 1.95. The summed E-state index contributed by atoms with van der Waals surface area (Å²) in [5.41, 5.74) is 7.75. The van der Waals surface area contributed by atoms with Gasteiger partial charge in [0.25, 0.3) is 0 Å². The summed E-state index contributed by atoms with van der Waals surface area (Å²) in [6.07, 6.45) is 2.38. The lowest BCUT2D eigenvalue weighted by Crippen LogP contribution is -2.04. The van der Waals surface area contributed by atoms with Gasteiger partial charge >= 0.3 is 0 Å². The second kappa shape index (κ2) is 4.09. The van der Waals surface area contributed by atoms with Gasteiger partial charge in [-0.05, 0) is 29.9 Å². The topological polar surface area (TPSA) is 26.0 Å². The van der Waals surface area contributed by atoms with E-state index < -0.39 is 0 Å². The summed E-state index contributed by atoms with van der Waals surface area (Å²) in [5, 5.41) is 0. The molecular formula is C12H16FN. The van der Waals surface area contributed by atoms with Gasteiger partial charge in [0.2, 0.25) is 0 Å². The molecule has 2 N–H and O–H groups in total. The van der Waals surface area contributed by atoms with Gasteiger partial charge in [-0.15, -0.1) is 0 Å². The molecule has 1 nitrogen and oxygen atoms in total. The first kappa shape index (κ1) is 9.66. The van der Waals surface area contributed by atoms with E-state index >= 15 is 0 Å². The SMILES string of the molecule is NCc1ccc(C(CF)C2CC2)cc1. The van der Waals surface area contributed by atoms with Crippen LogP contribution in [0.5, 0.6) is 0 Å². The molecule has 76 valence electrons. The molecule has 1 unspecified atom stereocenters. The number of alkyl halides is 1. The fraction of sp³-hybridized carbons (Fsp3) is 0.500. The number of halogens is 1. The lowest BCUT2D eigenvalue weighted by Gasteiger charge is -2.12. The van der Waals surface area contributed by atoms with Gasteiger partial charge in [-0.2, -0.15) is 0 Å². The Labute approximate surface area is 84.1 Å². The van der Waals surface area contributed by atoms with Gasteiger partial charge in [0.15, 0.2) is 0 Å². The Morgan fingerprint density at radius 2 is 1.93 bits per heavy atom. The van der Waals surface area contributed by atoms with Gasteiger partial charge in [0.05, 0.1) is 6.67 Å². The van der Waals surface area contributed by atoms with Gasteiger partial charge in [-0.25, -0.2) is 0 Å². The summed E-state index contributed by atoms with van der Waals surface area (Å²) in [6.45, 7) is 0.330. The molecule has 0 spiro atoms. The molecule has 2 rings (SSSR count). The summed E-state index contributed by atoms with van der Waals surface area (Å²) in [6, 6.07) is 8.04. The second-order valence-electron chi connectivity index (χ2n) is 4.04. The molecule has 1 aliphatic rings. The van der Waals surface area contributed by atoms with Crippen LogP contribution in [0.2, 0.25) is 0 Å². The summed E-state index contributed by atoms with van der Waals surface area (Å²) in [4.78, 5) is 0. The van der Waals surface area contributed by atoms with E-state index in [0.29, 0.717) is 12.5 Å². The third-order valence-electron chi connectivity index (χ3n) is 3.00. The molecule has 0 bridgehead atoms. The van der Waals surface area contributed by atoms with Gasteiger partial charge in [0, 0.05) is 12.5 Å². The zero-order chi connectivity index (χ0) is 9.97. The van der Waals surface area contributed by atoms with Crippen molar-refractivity contribution in [3.8, 4) is 0 Å². The zero-order valence-electron chi connectivity index (χ0n) is 8.25. The van der Waals surface area contributed by atoms with Crippen LogP contribution in [0.1, 0.15) is 29.9 Å². The van der Waals surface area contributed by atoms with E-state index in [9.17, 15) is 4.39 Å². The van der Waals surface area contributed by atoms with Crippen LogP contribution in [0.3, 0.4) is 0 Å². The number of rotatable bonds is 4. The van der Waals surface area contributed by atoms with Crippen molar-refractivity contribution in [1.82, 2.24) is 0 Å². The van der Waals surface area contributed by atoms with Crippen LogP contribution in [0.25, 0.3) is 0 Å². The molecule has 1 fully saturated rings. The fourth-order valence-corrected chi connectivity index (χ4v) is 1.89. The first-order chi connectivity index (χ1) is 6.85. The molecular weight excluding hydrogens is 177 g/mol. The van der Waals surface area contributed by atoms with E-state index in [1.54, 1.807) is 0 Å². The van der Waals surface area contributed by atoms with E-state index in [1.807, 2.05) is 24.3 Å². The highest BCUT2D eigenvalue weighted by molar-refractivity contribution is 5.26. The van der Waals surface area contributed by atoms with Crippen molar-refractivity contribution in [2.24, 2.45) is 11.7 Å². The van der Waals surface area contributed by atoms with Crippen LogP contribution in [0, 0.1) is 5.92 Å². The zero-order valence-corrected chi connectivity index (χ0v) is 8.25. The van der Waals surface area contributed by atoms with E-state index in [4.69, 9.17) is 5.73 Å². The van der Waals surface area contributed by atoms with Crippen LogP contribution in [0.4, 0.5) is 4.39 Å². The third-order valence-corrected chi connectivity index (χ3v) is 3.00. The lowest BCUT2D eigenvalue weighted by molar-refractivity contribution is 0.404. The summed E-state index contributed by atoms with van der Waals surface area (Å²) < 4.78 is 12.8. The van der Waals surface area contributed by atoms with E-state index in [1.165, 1.54) is 12.8 Å². The van der Waals surface area contributed by atoms with Crippen molar-refractivity contribution in [2.75, 3.05) is 6.67 Å². The Hall–Kier alpha value is -0.890. The molecule has 2 heteroatoms. The first-order valence-electron chi connectivity index (χ1n) is 5.20. The Kier molecular flexibility index (Phi) is 2.82. The molecule has 1 aromatic carbocycles. The molecule has 1 aliphatic carbocycles. The first-order valence-corrected chi connectivity index (χ1v) is 5.20. The quantitative estimate of drug-likeness (QED) is 0.781. The Bertz CT molecular complexity index is 290.